The Bertz CT molecular complexity index is 339. The number of nitrogens with one attached hydrogen (secondary N) is 2. The highest BCUT2D eigenvalue weighted by atomic mass is 16.3. The third-order valence-corrected chi connectivity index (χ3v) is 3.95. The first-order valence-corrected chi connectivity index (χ1v) is 7.96. The van der Waals surface area contributed by atoms with Gasteiger partial charge in [-0.25, -0.2) is 0 Å². The fourth-order valence-electron chi connectivity index (χ4n) is 3.20. The van der Waals surface area contributed by atoms with Gasteiger partial charge < -0.3 is 20.8 Å². The van der Waals surface area contributed by atoms with Crippen molar-refractivity contribution in [3.63, 3.8) is 0 Å². The molecule has 0 bridgehead atoms. The van der Waals surface area contributed by atoms with Gasteiger partial charge >= 0.3 is 0 Å². The summed E-state index contributed by atoms with van der Waals surface area (Å²) in [5.74, 6) is 0.0115. The molecule has 0 heterocycles. The molecule has 0 aromatic heterocycles. The number of carbonyl (C=O) groups excluding carboxylic acids is 1. The minimum atomic E-state index is -0.431. The zero-order valence-corrected chi connectivity index (χ0v) is 14.3. The van der Waals surface area contributed by atoms with Crippen LogP contribution in [0.3, 0.4) is 0 Å². The smallest absolute Gasteiger partial charge is 0.290 e. The van der Waals surface area contributed by atoms with E-state index in [-0.39, 0.29) is 17.9 Å². The van der Waals surface area contributed by atoms with Crippen LogP contribution in [-0.2, 0) is 9.59 Å². The molecule has 0 spiro atoms. The SMILES string of the molecule is CC(=O)NC(C)(C)CC(C)NCCC1(O)CCCC1.O=CO. The molecule has 1 fully saturated rings. The van der Waals surface area contributed by atoms with E-state index in [9.17, 15) is 9.90 Å². The van der Waals surface area contributed by atoms with Crippen LogP contribution in [0.2, 0.25) is 0 Å². The predicted molar refractivity (Wildman–Crippen MR) is 86.7 cm³/mol. The standard InChI is InChI=1S/C15H30N2O2.CH2O2/c1-12(11-14(3,4)17-13(2)18)16-10-9-15(19)7-5-6-8-15;2-1-3/h12,16,19H,5-11H2,1-4H3,(H,17,18);1H,(H,2,3). The van der Waals surface area contributed by atoms with E-state index < -0.39 is 5.60 Å². The monoisotopic (exact) mass is 316 g/mol. The summed E-state index contributed by atoms with van der Waals surface area (Å²) in [6.07, 6.45) is 5.91. The van der Waals surface area contributed by atoms with Gasteiger partial charge in [-0.1, -0.05) is 12.8 Å². The summed E-state index contributed by atoms with van der Waals surface area (Å²) in [5.41, 5.74) is -0.623. The van der Waals surface area contributed by atoms with Crippen molar-refractivity contribution < 1.29 is 19.8 Å². The van der Waals surface area contributed by atoms with Gasteiger partial charge in [0.25, 0.3) is 6.47 Å². The second-order valence-corrected chi connectivity index (χ2v) is 6.91. The summed E-state index contributed by atoms with van der Waals surface area (Å²) >= 11 is 0. The highest BCUT2D eigenvalue weighted by Gasteiger charge is 2.30. The third-order valence-electron chi connectivity index (χ3n) is 3.95. The topological polar surface area (TPSA) is 98.7 Å². The molecule has 130 valence electrons. The first-order valence-electron chi connectivity index (χ1n) is 7.96. The minimum Gasteiger partial charge on any atom is -0.483 e. The minimum absolute atomic E-state index is 0.0115. The highest BCUT2D eigenvalue weighted by Crippen LogP contribution is 2.31. The van der Waals surface area contributed by atoms with Gasteiger partial charge in [0, 0.05) is 18.5 Å². The van der Waals surface area contributed by atoms with E-state index in [0.717, 1.165) is 45.1 Å². The normalized spacial score (nSPS) is 18.0. The van der Waals surface area contributed by atoms with Gasteiger partial charge in [-0.2, -0.15) is 0 Å². The quantitative estimate of drug-likeness (QED) is 0.536. The van der Waals surface area contributed by atoms with Crippen molar-refractivity contribution >= 4 is 12.4 Å². The zero-order valence-electron chi connectivity index (χ0n) is 14.3. The lowest BCUT2D eigenvalue weighted by atomic mass is 9.94. The van der Waals surface area contributed by atoms with E-state index in [4.69, 9.17) is 9.90 Å². The molecule has 0 aromatic carbocycles. The van der Waals surface area contributed by atoms with Crippen molar-refractivity contribution in [3.8, 4) is 0 Å². The van der Waals surface area contributed by atoms with Gasteiger partial charge in [0.1, 0.15) is 0 Å². The fourth-order valence-corrected chi connectivity index (χ4v) is 3.20. The average molecular weight is 316 g/mol. The first-order chi connectivity index (χ1) is 10.1. The number of hydrogen-bond donors (Lipinski definition) is 4. The van der Waals surface area contributed by atoms with Crippen molar-refractivity contribution in [2.24, 2.45) is 0 Å². The summed E-state index contributed by atoms with van der Waals surface area (Å²) in [5, 5.41) is 23.6. The Morgan fingerprint density at radius 3 is 2.32 bits per heavy atom. The van der Waals surface area contributed by atoms with Crippen LogP contribution in [0.15, 0.2) is 0 Å². The lowest BCUT2D eigenvalue weighted by Gasteiger charge is -2.30. The van der Waals surface area contributed by atoms with Crippen LogP contribution in [-0.4, -0.2) is 46.3 Å². The lowest BCUT2D eigenvalue weighted by molar-refractivity contribution is -0.123. The van der Waals surface area contributed by atoms with E-state index in [2.05, 4.69) is 17.6 Å². The van der Waals surface area contributed by atoms with E-state index in [0.29, 0.717) is 6.04 Å². The van der Waals surface area contributed by atoms with Crippen molar-refractivity contribution in [3.05, 3.63) is 0 Å². The fraction of sp³-hybridized carbons (Fsp3) is 0.875. The van der Waals surface area contributed by atoms with E-state index in [1.54, 1.807) is 6.92 Å². The van der Waals surface area contributed by atoms with Gasteiger partial charge in [-0.3, -0.25) is 9.59 Å². The van der Waals surface area contributed by atoms with Crippen LogP contribution in [0.5, 0.6) is 0 Å². The third kappa shape index (κ3) is 9.73. The molecule has 1 unspecified atom stereocenters. The van der Waals surface area contributed by atoms with Gasteiger partial charge in [0.2, 0.25) is 5.91 Å². The maximum atomic E-state index is 11.1. The molecule has 1 amide bonds. The van der Waals surface area contributed by atoms with Gasteiger partial charge in [0.05, 0.1) is 5.60 Å². The Kier molecular flexibility index (Phi) is 9.28. The Morgan fingerprint density at radius 1 is 1.36 bits per heavy atom. The second-order valence-electron chi connectivity index (χ2n) is 6.91. The molecule has 0 radical (unpaired) electrons. The molecule has 4 N–H and O–H groups in total. The Hall–Kier alpha value is -1.14. The predicted octanol–water partition coefficient (Wildman–Crippen LogP) is 1.67. The summed E-state index contributed by atoms with van der Waals surface area (Å²) in [7, 11) is 0. The van der Waals surface area contributed by atoms with Crippen LogP contribution in [0, 0.1) is 0 Å². The molecule has 1 saturated carbocycles. The summed E-state index contributed by atoms with van der Waals surface area (Å²) in [6, 6.07) is 0.326. The number of carboxylic acid groups (broad SMARTS) is 1. The van der Waals surface area contributed by atoms with Crippen LogP contribution in [0.1, 0.15) is 66.2 Å². The molecule has 0 saturated heterocycles. The summed E-state index contributed by atoms with van der Waals surface area (Å²) < 4.78 is 0. The van der Waals surface area contributed by atoms with Gasteiger partial charge in [-0.05, 0) is 53.0 Å². The second kappa shape index (κ2) is 9.79. The number of carbonyl (C=O) groups is 2. The Balaban J connectivity index is 0.00000135. The van der Waals surface area contributed by atoms with E-state index >= 15 is 0 Å². The number of hydrogen-bond acceptors (Lipinski definition) is 4. The van der Waals surface area contributed by atoms with Crippen molar-refractivity contribution in [1.29, 1.82) is 0 Å². The molecule has 1 rings (SSSR count). The van der Waals surface area contributed by atoms with Crippen LogP contribution in [0.25, 0.3) is 0 Å². The number of amides is 1. The molecule has 6 nitrogen and oxygen atoms in total. The maximum absolute atomic E-state index is 11.1. The van der Waals surface area contributed by atoms with Crippen LogP contribution >= 0.6 is 0 Å². The molecule has 1 aliphatic carbocycles. The lowest BCUT2D eigenvalue weighted by Crippen LogP contribution is -2.47. The van der Waals surface area contributed by atoms with Crippen molar-refractivity contribution in [2.75, 3.05) is 6.54 Å². The molecule has 0 aromatic rings. The Labute approximate surface area is 133 Å². The molecular weight excluding hydrogens is 284 g/mol. The van der Waals surface area contributed by atoms with E-state index in [1.807, 2.05) is 13.8 Å². The number of rotatable bonds is 7. The van der Waals surface area contributed by atoms with Crippen molar-refractivity contribution in [2.45, 2.75) is 83.4 Å². The zero-order chi connectivity index (χ0) is 17.2. The van der Waals surface area contributed by atoms with Crippen LogP contribution < -0.4 is 10.6 Å². The molecular formula is C16H32N2O4. The first kappa shape index (κ1) is 20.9. The molecule has 22 heavy (non-hydrogen) atoms. The maximum Gasteiger partial charge on any atom is 0.290 e. The molecule has 0 aliphatic heterocycles. The summed E-state index contributed by atoms with van der Waals surface area (Å²) in [6.45, 7) is 8.35. The highest BCUT2D eigenvalue weighted by molar-refractivity contribution is 5.73. The Morgan fingerprint density at radius 2 is 1.86 bits per heavy atom. The molecule has 1 atom stereocenters. The van der Waals surface area contributed by atoms with Gasteiger partial charge in [-0.15, -0.1) is 0 Å². The number of aliphatic hydroxyl groups is 1. The largest absolute Gasteiger partial charge is 0.483 e. The summed E-state index contributed by atoms with van der Waals surface area (Å²) in [4.78, 5) is 19.5. The van der Waals surface area contributed by atoms with Gasteiger partial charge in [0.15, 0.2) is 0 Å². The van der Waals surface area contributed by atoms with Crippen molar-refractivity contribution in [1.82, 2.24) is 10.6 Å². The molecule has 1 aliphatic rings. The molecule has 6 heteroatoms. The van der Waals surface area contributed by atoms with Crippen LogP contribution in [0.4, 0.5) is 0 Å². The average Bonchev–Trinajstić information content (AvgIpc) is 2.74. The van der Waals surface area contributed by atoms with E-state index in [1.165, 1.54) is 0 Å².